The van der Waals surface area contributed by atoms with E-state index in [4.69, 9.17) is 35.4 Å². The van der Waals surface area contributed by atoms with Gasteiger partial charge in [0.2, 0.25) is 0 Å². The van der Waals surface area contributed by atoms with E-state index >= 15 is 0 Å². The SMILES string of the molecule is Cc1ccc(C)c2sc(NC(=S)NC(=O)c3ccc(Cl)c(Cl)c3)nc12. The molecule has 0 unspecified atom stereocenters. The van der Waals surface area contributed by atoms with Crippen LogP contribution in [0.15, 0.2) is 30.3 Å². The number of hydrogen-bond donors (Lipinski definition) is 2. The Balaban J connectivity index is 1.74. The van der Waals surface area contributed by atoms with Crippen LogP contribution in [-0.4, -0.2) is 16.0 Å². The number of hydrogen-bond acceptors (Lipinski definition) is 4. The monoisotopic (exact) mass is 409 g/mol. The Morgan fingerprint density at radius 2 is 1.84 bits per heavy atom. The van der Waals surface area contributed by atoms with Crippen molar-refractivity contribution in [2.75, 3.05) is 5.32 Å². The van der Waals surface area contributed by atoms with Crippen molar-refractivity contribution in [2.24, 2.45) is 0 Å². The first-order chi connectivity index (χ1) is 11.8. The first-order valence-electron chi connectivity index (χ1n) is 7.29. The largest absolute Gasteiger partial charge is 0.308 e. The summed E-state index contributed by atoms with van der Waals surface area (Å²) in [7, 11) is 0. The molecule has 0 spiro atoms. The van der Waals surface area contributed by atoms with Gasteiger partial charge in [0, 0.05) is 5.56 Å². The molecule has 1 heterocycles. The molecule has 0 fully saturated rings. The number of aromatic nitrogens is 1. The van der Waals surface area contributed by atoms with Crippen LogP contribution in [-0.2, 0) is 0 Å². The van der Waals surface area contributed by atoms with Crippen molar-refractivity contribution in [1.29, 1.82) is 0 Å². The summed E-state index contributed by atoms with van der Waals surface area (Å²) in [6.07, 6.45) is 0. The van der Waals surface area contributed by atoms with Crippen LogP contribution in [0.25, 0.3) is 10.2 Å². The van der Waals surface area contributed by atoms with Gasteiger partial charge in [-0.05, 0) is 55.4 Å². The summed E-state index contributed by atoms with van der Waals surface area (Å²) in [6.45, 7) is 4.05. The minimum atomic E-state index is -0.371. The number of fused-ring (bicyclic) bond motifs is 1. The Kier molecular flexibility index (Phi) is 5.24. The predicted octanol–water partition coefficient (Wildman–Crippen LogP) is 5.35. The van der Waals surface area contributed by atoms with Crippen molar-refractivity contribution in [1.82, 2.24) is 10.3 Å². The number of nitrogens with one attached hydrogen (secondary N) is 2. The second-order valence-corrected chi connectivity index (χ2v) is 7.65. The maximum Gasteiger partial charge on any atom is 0.257 e. The quantitative estimate of drug-likeness (QED) is 0.560. The van der Waals surface area contributed by atoms with Crippen LogP contribution in [0.4, 0.5) is 5.13 Å². The second-order valence-electron chi connectivity index (χ2n) is 5.43. The summed E-state index contributed by atoms with van der Waals surface area (Å²) in [5, 5.41) is 7.07. The van der Waals surface area contributed by atoms with Crippen molar-refractivity contribution in [3.8, 4) is 0 Å². The molecular weight excluding hydrogens is 397 g/mol. The molecule has 0 aliphatic heterocycles. The number of carbonyl (C=O) groups is 1. The molecule has 3 rings (SSSR count). The Morgan fingerprint density at radius 3 is 2.52 bits per heavy atom. The number of carbonyl (C=O) groups excluding carboxylic acids is 1. The lowest BCUT2D eigenvalue weighted by atomic mass is 10.1. The van der Waals surface area contributed by atoms with Gasteiger partial charge in [-0.1, -0.05) is 46.7 Å². The van der Waals surface area contributed by atoms with E-state index in [0.29, 0.717) is 20.7 Å². The topological polar surface area (TPSA) is 54.0 Å². The summed E-state index contributed by atoms with van der Waals surface area (Å²) in [5.74, 6) is -0.371. The molecule has 128 valence electrons. The summed E-state index contributed by atoms with van der Waals surface area (Å²) in [5.41, 5.74) is 3.55. The van der Waals surface area contributed by atoms with Gasteiger partial charge in [-0.2, -0.15) is 0 Å². The van der Waals surface area contributed by atoms with Crippen LogP contribution in [0, 0.1) is 13.8 Å². The van der Waals surface area contributed by atoms with E-state index in [1.807, 2.05) is 19.9 Å². The standard InChI is InChI=1S/C17H13Cl2N3OS2/c1-8-3-4-9(2)14-13(8)20-17(25-14)22-16(24)21-15(23)10-5-6-11(18)12(19)7-10/h3-7H,1-2H3,(H2,20,21,22,23,24). The lowest BCUT2D eigenvalue weighted by Gasteiger charge is -2.07. The van der Waals surface area contributed by atoms with Crippen molar-refractivity contribution in [3.05, 3.63) is 57.1 Å². The molecule has 2 N–H and O–H groups in total. The lowest BCUT2D eigenvalue weighted by Crippen LogP contribution is -2.34. The number of rotatable bonds is 2. The highest BCUT2D eigenvalue weighted by molar-refractivity contribution is 7.80. The number of aryl methyl sites for hydroxylation is 2. The zero-order chi connectivity index (χ0) is 18.1. The van der Waals surface area contributed by atoms with E-state index in [2.05, 4.69) is 21.7 Å². The minimum absolute atomic E-state index is 0.172. The van der Waals surface area contributed by atoms with Crippen LogP contribution >= 0.6 is 46.8 Å². The smallest absolute Gasteiger partial charge is 0.257 e. The van der Waals surface area contributed by atoms with Crippen LogP contribution in [0.3, 0.4) is 0 Å². The van der Waals surface area contributed by atoms with Crippen LogP contribution in [0.5, 0.6) is 0 Å². The van der Waals surface area contributed by atoms with E-state index in [-0.39, 0.29) is 11.0 Å². The summed E-state index contributed by atoms with van der Waals surface area (Å²) < 4.78 is 1.10. The number of benzene rings is 2. The molecule has 0 atom stereocenters. The van der Waals surface area contributed by atoms with Crippen molar-refractivity contribution < 1.29 is 4.79 Å². The highest BCUT2D eigenvalue weighted by Gasteiger charge is 2.13. The van der Waals surface area contributed by atoms with Gasteiger partial charge in [-0.25, -0.2) is 4.98 Å². The Bertz CT molecular complexity index is 962. The third kappa shape index (κ3) is 3.93. The fraction of sp³-hybridized carbons (Fsp3) is 0.118. The lowest BCUT2D eigenvalue weighted by molar-refractivity contribution is 0.0978. The summed E-state index contributed by atoms with van der Waals surface area (Å²) >= 11 is 18.5. The number of thiocarbonyl (C=S) groups is 1. The number of nitrogens with zero attached hydrogens (tertiary/aromatic N) is 1. The number of anilines is 1. The molecule has 2 aromatic carbocycles. The molecule has 3 aromatic rings. The van der Waals surface area contributed by atoms with Crippen LogP contribution < -0.4 is 10.6 Å². The zero-order valence-electron chi connectivity index (χ0n) is 13.3. The molecule has 25 heavy (non-hydrogen) atoms. The number of thiazole rings is 1. The van der Waals surface area contributed by atoms with Gasteiger partial charge in [0.05, 0.1) is 20.3 Å². The molecule has 0 saturated heterocycles. The summed E-state index contributed by atoms with van der Waals surface area (Å²) in [6, 6.07) is 8.73. The van der Waals surface area contributed by atoms with E-state index in [9.17, 15) is 4.79 Å². The summed E-state index contributed by atoms with van der Waals surface area (Å²) in [4.78, 5) is 16.8. The Hall–Kier alpha value is -1.73. The highest BCUT2D eigenvalue weighted by atomic mass is 35.5. The van der Waals surface area contributed by atoms with E-state index < -0.39 is 0 Å². The highest BCUT2D eigenvalue weighted by Crippen LogP contribution is 2.30. The normalized spacial score (nSPS) is 10.7. The maximum atomic E-state index is 12.2. The fourth-order valence-corrected chi connectivity index (χ4v) is 3.82. The van der Waals surface area contributed by atoms with Crippen molar-refractivity contribution in [2.45, 2.75) is 13.8 Å². The van der Waals surface area contributed by atoms with Gasteiger partial charge >= 0.3 is 0 Å². The third-order valence-corrected chi connectivity index (χ3v) is 5.62. The van der Waals surface area contributed by atoms with Crippen molar-refractivity contribution in [3.63, 3.8) is 0 Å². The average molecular weight is 410 g/mol. The molecule has 0 aliphatic carbocycles. The first-order valence-corrected chi connectivity index (χ1v) is 9.27. The van der Waals surface area contributed by atoms with Crippen molar-refractivity contribution >= 4 is 73.1 Å². The number of amides is 1. The predicted molar refractivity (Wildman–Crippen MR) is 109 cm³/mol. The molecule has 4 nitrogen and oxygen atoms in total. The molecule has 8 heteroatoms. The van der Waals surface area contributed by atoms with Crippen LogP contribution in [0.1, 0.15) is 21.5 Å². The zero-order valence-corrected chi connectivity index (χ0v) is 16.5. The molecule has 0 aliphatic rings. The fourth-order valence-electron chi connectivity index (χ4n) is 2.25. The molecular formula is C17H13Cl2N3OS2. The molecule has 0 radical (unpaired) electrons. The molecule has 0 saturated carbocycles. The van der Waals surface area contributed by atoms with Crippen LogP contribution in [0.2, 0.25) is 10.0 Å². The third-order valence-electron chi connectivity index (χ3n) is 3.57. The van der Waals surface area contributed by atoms with Gasteiger partial charge in [-0.3, -0.25) is 10.1 Å². The Labute approximate surface area is 164 Å². The molecule has 0 bridgehead atoms. The van der Waals surface area contributed by atoms with Gasteiger partial charge in [0.1, 0.15) is 0 Å². The minimum Gasteiger partial charge on any atom is -0.308 e. The van der Waals surface area contributed by atoms with Gasteiger partial charge in [0.25, 0.3) is 5.91 Å². The van der Waals surface area contributed by atoms with E-state index in [1.54, 1.807) is 12.1 Å². The van der Waals surface area contributed by atoms with E-state index in [0.717, 1.165) is 21.3 Å². The molecule has 1 aromatic heterocycles. The van der Waals surface area contributed by atoms with Gasteiger partial charge < -0.3 is 5.32 Å². The van der Waals surface area contributed by atoms with Gasteiger partial charge in [0.15, 0.2) is 10.2 Å². The van der Waals surface area contributed by atoms with E-state index in [1.165, 1.54) is 17.4 Å². The second kappa shape index (κ2) is 7.25. The first kappa shape index (κ1) is 18.1. The maximum absolute atomic E-state index is 12.2. The van der Waals surface area contributed by atoms with Gasteiger partial charge in [-0.15, -0.1) is 0 Å². The Morgan fingerprint density at radius 1 is 1.12 bits per heavy atom. The number of halogens is 2. The molecule has 1 amide bonds. The average Bonchev–Trinajstić information content (AvgIpc) is 2.98.